The van der Waals surface area contributed by atoms with Gasteiger partial charge in [-0.1, -0.05) is 34.9 Å². The van der Waals surface area contributed by atoms with E-state index in [0.717, 1.165) is 44.1 Å². The first-order chi connectivity index (χ1) is 31.4. The lowest BCUT2D eigenvalue weighted by atomic mass is 9.83. The molecule has 0 heterocycles. The number of hydrogen-bond acceptors (Lipinski definition) is 12. The second-order valence-electron chi connectivity index (χ2n) is 23.9. The number of carboxylic acids is 1. The predicted molar refractivity (Wildman–Crippen MR) is 277 cm³/mol. The number of carbonyl (C=O) groups is 2. The fourth-order valence-electron chi connectivity index (χ4n) is 9.05. The molecule has 0 amide bonds. The van der Waals surface area contributed by atoms with E-state index >= 15 is 0 Å². The van der Waals surface area contributed by atoms with Crippen molar-refractivity contribution in [1.82, 2.24) is 0 Å². The maximum absolute atomic E-state index is 12.0. The van der Waals surface area contributed by atoms with E-state index in [9.17, 15) is 55.5 Å². The highest BCUT2D eigenvalue weighted by atomic mass is 16.5. The maximum Gasteiger partial charge on any atom is 0.308 e. The van der Waals surface area contributed by atoms with Crippen molar-refractivity contribution in [2.75, 3.05) is 6.61 Å². The molecule has 0 bridgehead atoms. The van der Waals surface area contributed by atoms with Crippen LogP contribution < -0.4 is 0 Å². The van der Waals surface area contributed by atoms with Crippen LogP contribution in [0.4, 0.5) is 0 Å². The van der Waals surface area contributed by atoms with E-state index in [1.165, 1.54) is 25.0 Å². The topological polar surface area (TPSA) is 246 Å². The fourth-order valence-corrected chi connectivity index (χ4v) is 9.05. The molecule has 0 rings (SSSR count). The van der Waals surface area contributed by atoms with Crippen LogP contribution in [0.15, 0.2) is 34.9 Å². The third-order valence-electron chi connectivity index (χ3n) is 14.0. The minimum Gasteiger partial charge on any atom is -0.481 e. The Hall–Kier alpha value is -2.20. The van der Waals surface area contributed by atoms with Crippen LogP contribution in [0.1, 0.15) is 250 Å². The van der Waals surface area contributed by atoms with E-state index < -0.39 is 82.3 Å². The average Bonchev–Trinajstić information content (AvgIpc) is 3.14. The van der Waals surface area contributed by atoms with Gasteiger partial charge in [0.05, 0.1) is 57.7 Å². The number of ether oxygens (including phenoxy) is 1. The minimum absolute atomic E-state index is 0.227. The summed E-state index contributed by atoms with van der Waals surface area (Å²) >= 11 is 0. The molecule has 0 radical (unpaired) electrons. The van der Waals surface area contributed by atoms with Crippen molar-refractivity contribution in [3.8, 4) is 0 Å². The van der Waals surface area contributed by atoms with Crippen LogP contribution in [0.5, 0.6) is 0 Å². The largest absolute Gasteiger partial charge is 0.481 e. The summed E-state index contributed by atoms with van der Waals surface area (Å²) in [6, 6.07) is 0. The number of allylic oxidation sites excluding steroid dienone is 6. The molecule has 10 N–H and O–H groups in total. The summed E-state index contributed by atoms with van der Waals surface area (Å²) in [5.74, 6) is -2.12. The van der Waals surface area contributed by atoms with Gasteiger partial charge in [-0.25, -0.2) is 0 Å². The van der Waals surface area contributed by atoms with Crippen molar-refractivity contribution >= 4 is 11.9 Å². The second-order valence-corrected chi connectivity index (χ2v) is 23.9. The highest BCUT2D eigenvalue weighted by Crippen LogP contribution is 2.32. The third kappa shape index (κ3) is 36.4. The zero-order valence-corrected chi connectivity index (χ0v) is 45.6. The van der Waals surface area contributed by atoms with Gasteiger partial charge in [-0.05, 0) is 237 Å². The highest BCUT2D eigenvalue weighted by molar-refractivity contribution is 5.73. The first-order valence-corrected chi connectivity index (χ1v) is 26.2. The molecule has 0 saturated heterocycles. The average molecular weight is 985 g/mol. The van der Waals surface area contributed by atoms with Gasteiger partial charge >= 0.3 is 11.9 Å². The first kappa shape index (κ1) is 66.8. The Kier molecular flexibility index (Phi) is 29.8. The molecule has 0 fully saturated rings. The van der Waals surface area contributed by atoms with Gasteiger partial charge < -0.3 is 55.8 Å². The first-order valence-electron chi connectivity index (χ1n) is 26.2. The van der Waals surface area contributed by atoms with Gasteiger partial charge in [0.2, 0.25) is 0 Å². The number of rotatable bonds is 40. The van der Waals surface area contributed by atoms with Crippen molar-refractivity contribution in [1.29, 1.82) is 0 Å². The molecule has 0 saturated carbocycles. The van der Waals surface area contributed by atoms with E-state index in [4.69, 9.17) is 9.84 Å². The molecule has 0 aliphatic carbocycles. The Morgan fingerprint density at radius 2 is 0.768 bits per heavy atom. The van der Waals surface area contributed by atoms with Crippen molar-refractivity contribution in [3.63, 3.8) is 0 Å². The van der Waals surface area contributed by atoms with Crippen LogP contribution in [0.3, 0.4) is 0 Å². The van der Waals surface area contributed by atoms with Gasteiger partial charge in [0.1, 0.15) is 12.7 Å². The van der Waals surface area contributed by atoms with Gasteiger partial charge in [-0.3, -0.25) is 9.59 Å². The quantitative estimate of drug-likeness (QED) is 0.0203. The molecule has 0 aliphatic rings. The van der Waals surface area contributed by atoms with Gasteiger partial charge in [0.15, 0.2) is 0 Å². The van der Waals surface area contributed by atoms with E-state index in [2.05, 4.69) is 32.9 Å². The standard InChI is InChI=1S/C56H104O13/c1-43(2)22-14-27-49(5,61)29-17-31-51(7,63)33-19-35-53(9,65)37-21-38-54(10,66)36-20-34-52(8,64)32-18-30-50(6,62)28-15-25-44(3)23-13-24-45(4)26-16-39-56(12,68)46(57)42-69-48(60)41-55(11,67)40-47(58)59/h22-23,26,46,57,61-68H,13-21,24-25,27-42H2,1-12H3,(H,58,59)/b44-23+,45-26+/t46-,49-,50+,51-,52+,53-,54+,55+,56+/m1/s1. The molecule has 0 spiro atoms. The van der Waals surface area contributed by atoms with Crippen molar-refractivity contribution in [2.45, 2.75) is 301 Å². The second kappa shape index (κ2) is 30.7. The predicted octanol–water partition coefficient (Wildman–Crippen LogP) is 9.98. The molecule has 0 aromatic rings. The van der Waals surface area contributed by atoms with E-state index in [-0.39, 0.29) is 6.42 Å². The molecule has 0 unspecified atom stereocenters. The molecular weight excluding hydrogens is 881 g/mol. The molecule has 0 aromatic heterocycles. The lowest BCUT2D eigenvalue weighted by Gasteiger charge is -2.30. The summed E-state index contributed by atoms with van der Waals surface area (Å²) in [7, 11) is 0. The zero-order valence-electron chi connectivity index (χ0n) is 45.6. The fraction of sp³-hybridized carbons (Fsp3) is 0.857. The van der Waals surface area contributed by atoms with Crippen LogP contribution >= 0.6 is 0 Å². The summed E-state index contributed by atoms with van der Waals surface area (Å²) < 4.78 is 4.98. The van der Waals surface area contributed by atoms with Gasteiger partial charge in [-0.15, -0.1) is 0 Å². The van der Waals surface area contributed by atoms with Crippen LogP contribution in [-0.2, 0) is 14.3 Å². The Balaban J connectivity index is 4.47. The number of aliphatic carboxylic acids is 1. The highest BCUT2D eigenvalue weighted by Gasteiger charge is 2.34. The Bertz CT molecular complexity index is 1560. The van der Waals surface area contributed by atoms with Gasteiger partial charge in [-0.2, -0.15) is 0 Å². The molecule has 406 valence electrons. The number of aliphatic hydroxyl groups is 9. The number of carboxylic acid groups (broad SMARTS) is 1. The monoisotopic (exact) mass is 985 g/mol. The molecule has 0 aromatic carbocycles. The summed E-state index contributed by atoms with van der Waals surface area (Å²) in [5.41, 5.74) is -4.84. The molecular formula is C56H104O13. The number of carbonyl (C=O) groups excluding carboxylic acids is 1. The molecule has 0 aliphatic heterocycles. The van der Waals surface area contributed by atoms with Crippen molar-refractivity contribution in [2.24, 2.45) is 0 Å². The summed E-state index contributed by atoms with van der Waals surface area (Å²) in [6.45, 7) is 21.4. The molecule has 13 heteroatoms. The van der Waals surface area contributed by atoms with Crippen molar-refractivity contribution < 1.29 is 65.4 Å². The van der Waals surface area contributed by atoms with Gasteiger partial charge in [0, 0.05) is 0 Å². The molecule has 69 heavy (non-hydrogen) atoms. The van der Waals surface area contributed by atoms with Crippen molar-refractivity contribution in [3.05, 3.63) is 34.9 Å². The number of hydrogen-bond donors (Lipinski definition) is 10. The van der Waals surface area contributed by atoms with E-state index in [0.29, 0.717) is 109 Å². The lowest BCUT2D eigenvalue weighted by Crippen LogP contribution is -2.43. The lowest BCUT2D eigenvalue weighted by molar-refractivity contribution is -0.159. The normalized spacial score (nSPS) is 20.1. The number of aliphatic hydroxyl groups excluding tert-OH is 1. The summed E-state index contributed by atoms with van der Waals surface area (Å²) in [6.07, 6.45) is 19.2. The zero-order chi connectivity index (χ0) is 53.4. The molecule has 13 nitrogen and oxygen atoms in total. The van der Waals surface area contributed by atoms with Crippen LogP contribution in [-0.4, -0.2) is 121 Å². The Morgan fingerprint density at radius 1 is 0.435 bits per heavy atom. The van der Waals surface area contributed by atoms with E-state index in [1.54, 1.807) is 0 Å². The maximum atomic E-state index is 12.0. The van der Waals surface area contributed by atoms with Crippen LogP contribution in [0, 0.1) is 0 Å². The third-order valence-corrected chi connectivity index (χ3v) is 14.0. The SMILES string of the molecule is CC(C)=CCC[C@@](C)(O)CCC[C@@](C)(O)CCC[C@@](C)(O)CCC[C@@](C)(O)CCC[C@@](C)(O)CCC[C@@](C)(O)CCC/C(C)=C/CC/C(C)=C/CC[C@](C)(O)[C@H](O)COC(=O)C[C@@](C)(O)CC(=O)O. The molecule has 9 atom stereocenters. The summed E-state index contributed by atoms with van der Waals surface area (Å²) in [4.78, 5) is 22.9. The smallest absolute Gasteiger partial charge is 0.308 e. The van der Waals surface area contributed by atoms with Crippen LogP contribution in [0.25, 0.3) is 0 Å². The summed E-state index contributed by atoms with van der Waals surface area (Å²) in [5, 5.41) is 106. The van der Waals surface area contributed by atoms with Crippen LogP contribution in [0.2, 0.25) is 0 Å². The Morgan fingerprint density at radius 3 is 1.14 bits per heavy atom. The number of esters is 1. The van der Waals surface area contributed by atoms with Gasteiger partial charge in [0.25, 0.3) is 0 Å². The minimum atomic E-state index is -1.78. The Labute approximate surface area is 418 Å². The van der Waals surface area contributed by atoms with E-state index in [1.807, 2.05) is 54.5 Å².